The van der Waals surface area contributed by atoms with Crippen molar-refractivity contribution in [3.63, 3.8) is 0 Å². The van der Waals surface area contributed by atoms with Gasteiger partial charge in [-0.05, 0) is 74.8 Å². The Morgan fingerprint density at radius 3 is 2.81 bits per heavy atom. The molecule has 21 heavy (non-hydrogen) atoms. The predicted octanol–water partition coefficient (Wildman–Crippen LogP) is 3.88. The number of phenols is 1. The Labute approximate surface area is 128 Å². The largest absolute Gasteiger partial charge is 0.508 e. The van der Waals surface area contributed by atoms with Gasteiger partial charge in [0.15, 0.2) is 0 Å². The van der Waals surface area contributed by atoms with Crippen LogP contribution in [0.4, 0.5) is 0 Å². The van der Waals surface area contributed by atoms with Gasteiger partial charge in [0.1, 0.15) is 5.75 Å². The maximum atomic E-state index is 9.83. The standard InChI is InChI=1S/C19H27NO/c1-13(2)8-10-20(4)18-11-14-5-6-15(21)12-17(14)19(3)9-7-16(18)19/h5-6,8,12,16,18,21H,7,9-11H2,1-4H3/t16-,18?,19+/m0/s1. The maximum Gasteiger partial charge on any atom is 0.115 e. The zero-order valence-corrected chi connectivity index (χ0v) is 13.7. The summed E-state index contributed by atoms with van der Waals surface area (Å²) in [6, 6.07) is 6.60. The molecule has 1 saturated carbocycles. The van der Waals surface area contributed by atoms with E-state index in [9.17, 15) is 5.11 Å². The van der Waals surface area contributed by atoms with E-state index in [1.807, 2.05) is 12.1 Å². The van der Waals surface area contributed by atoms with E-state index in [0.29, 0.717) is 11.8 Å². The molecular formula is C19H27NO. The summed E-state index contributed by atoms with van der Waals surface area (Å²) in [7, 11) is 2.26. The van der Waals surface area contributed by atoms with Crippen LogP contribution in [0.2, 0.25) is 0 Å². The lowest BCUT2D eigenvalue weighted by Crippen LogP contribution is -2.57. The van der Waals surface area contributed by atoms with Gasteiger partial charge in [0.05, 0.1) is 0 Å². The van der Waals surface area contributed by atoms with Crippen LogP contribution in [0.1, 0.15) is 44.7 Å². The Morgan fingerprint density at radius 2 is 2.19 bits per heavy atom. The average molecular weight is 285 g/mol. The maximum absolute atomic E-state index is 9.83. The summed E-state index contributed by atoms with van der Waals surface area (Å²) in [5.41, 5.74) is 4.47. The van der Waals surface area contributed by atoms with Crippen molar-refractivity contribution in [1.29, 1.82) is 0 Å². The highest BCUT2D eigenvalue weighted by Gasteiger charge is 2.52. The zero-order valence-electron chi connectivity index (χ0n) is 13.7. The second-order valence-electron chi connectivity index (χ2n) is 7.40. The van der Waals surface area contributed by atoms with Gasteiger partial charge in [0.25, 0.3) is 0 Å². The highest BCUT2D eigenvalue weighted by Crippen LogP contribution is 2.55. The smallest absolute Gasteiger partial charge is 0.115 e. The number of phenolic OH excluding ortho intramolecular Hbond substituents is 1. The van der Waals surface area contributed by atoms with Gasteiger partial charge in [-0.3, -0.25) is 4.90 Å². The highest BCUT2D eigenvalue weighted by atomic mass is 16.3. The third-order valence-electron chi connectivity index (χ3n) is 5.75. The van der Waals surface area contributed by atoms with Crippen molar-refractivity contribution in [1.82, 2.24) is 4.90 Å². The van der Waals surface area contributed by atoms with Crippen molar-refractivity contribution >= 4 is 0 Å². The number of fused-ring (bicyclic) bond motifs is 3. The molecule has 1 fully saturated rings. The summed E-state index contributed by atoms with van der Waals surface area (Å²) in [5, 5.41) is 9.83. The first-order valence-electron chi connectivity index (χ1n) is 8.08. The van der Waals surface area contributed by atoms with E-state index >= 15 is 0 Å². The fourth-order valence-corrected chi connectivity index (χ4v) is 4.26. The summed E-state index contributed by atoms with van der Waals surface area (Å²) in [6.45, 7) is 7.76. The van der Waals surface area contributed by atoms with E-state index in [2.05, 4.69) is 44.9 Å². The van der Waals surface area contributed by atoms with Gasteiger partial charge in [-0.2, -0.15) is 0 Å². The molecule has 2 nitrogen and oxygen atoms in total. The number of nitrogens with zero attached hydrogens (tertiary/aromatic N) is 1. The molecule has 1 unspecified atom stereocenters. The zero-order chi connectivity index (χ0) is 15.2. The molecule has 0 aliphatic heterocycles. The van der Waals surface area contributed by atoms with Crippen LogP contribution in [0.25, 0.3) is 0 Å². The number of benzene rings is 1. The number of aromatic hydroxyl groups is 1. The van der Waals surface area contributed by atoms with Crippen molar-refractivity contribution in [2.24, 2.45) is 5.92 Å². The van der Waals surface area contributed by atoms with Crippen molar-refractivity contribution in [3.8, 4) is 5.75 Å². The highest BCUT2D eigenvalue weighted by molar-refractivity contribution is 5.45. The monoisotopic (exact) mass is 285 g/mol. The van der Waals surface area contributed by atoms with Gasteiger partial charge in [-0.1, -0.05) is 24.6 Å². The SMILES string of the molecule is CC(C)=CCN(C)C1Cc2ccc(O)cc2[C@]2(C)CC[C@@H]12. The molecule has 0 spiro atoms. The number of allylic oxidation sites excluding steroid dienone is 1. The van der Waals surface area contributed by atoms with Crippen LogP contribution < -0.4 is 0 Å². The second kappa shape index (κ2) is 5.17. The van der Waals surface area contributed by atoms with E-state index in [1.54, 1.807) is 0 Å². The van der Waals surface area contributed by atoms with Crippen LogP contribution in [0.3, 0.4) is 0 Å². The molecule has 3 atom stereocenters. The lowest BCUT2D eigenvalue weighted by molar-refractivity contribution is 0.0298. The third kappa shape index (κ3) is 2.40. The molecular weight excluding hydrogens is 258 g/mol. The number of likely N-dealkylation sites (N-methyl/N-ethyl adjacent to an activating group) is 1. The average Bonchev–Trinajstić information content (AvgIpc) is 2.42. The summed E-state index contributed by atoms with van der Waals surface area (Å²) < 4.78 is 0. The Bertz CT molecular complexity index is 573. The van der Waals surface area contributed by atoms with Crippen LogP contribution in [-0.4, -0.2) is 29.6 Å². The molecule has 0 radical (unpaired) electrons. The molecule has 2 aliphatic rings. The molecule has 0 saturated heterocycles. The van der Waals surface area contributed by atoms with E-state index < -0.39 is 0 Å². The summed E-state index contributed by atoms with van der Waals surface area (Å²) in [6.07, 6.45) is 6.00. The first-order valence-corrected chi connectivity index (χ1v) is 8.08. The van der Waals surface area contributed by atoms with Crippen LogP contribution in [0, 0.1) is 5.92 Å². The molecule has 0 heterocycles. The molecule has 1 N–H and O–H groups in total. The van der Waals surface area contributed by atoms with Gasteiger partial charge < -0.3 is 5.11 Å². The molecule has 3 rings (SSSR count). The Balaban J connectivity index is 1.90. The van der Waals surface area contributed by atoms with Gasteiger partial charge >= 0.3 is 0 Å². The minimum Gasteiger partial charge on any atom is -0.508 e. The predicted molar refractivity (Wildman–Crippen MR) is 87.7 cm³/mol. The first kappa shape index (κ1) is 14.6. The third-order valence-corrected chi connectivity index (χ3v) is 5.75. The molecule has 1 aromatic carbocycles. The van der Waals surface area contributed by atoms with Gasteiger partial charge in [0, 0.05) is 12.6 Å². The summed E-state index contributed by atoms with van der Waals surface area (Å²) >= 11 is 0. The minimum absolute atomic E-state index is 0.260. The number of hydrogen-bond acceptors (Lipinski definition) is 2. The van der Waals surface area contributed by atoms with E-state index in [-0.39, 0.29) is 5.41 Å². The Morgan fingerprint density at radius 1 is 1.43 bits per heavy atom. The molecule has 2 aliphatic carbocycles. The lowest BCUT2D eigenvalue weighted by atomic mass is 9.51. The topological polar surface area (TPSA) is 23.5 Å². The van der Waals surface area contributed by atoms with Crippen molar-refractivity contribution in [3.05, 3.63) is 41.0 Å². The Hall–Kier alpha value is -1.28. The van der Waals surface area contributed by atoms with Crippen LogP contribution in [0.5, 0.6) is 5.75 Å². The normalized spacial score (nSPS) is 30.3. The van der Waals surface area contributed by atoms with Gasteiger partial charge in [-0.25, -0.2) is 0 Å². The van der Waals surface area contributed by atoms with Crippen LogP contribution >= 0.6 is 0 Å². The van der Waals surface area contributed by atoms with Gasteiger partial charge in [-0.15, -0.1) is 0 Å². The summed E-state index contributed by atoms with van der Waals surface area (Å²) in [4.78, 5) is 2.52. The van der Waals surface area contributed by atoms with Crippen LogP contribution in [-0.2, 0) is 11.8 Å². The fourth-order valence-electron chi connectivity index (χ4n) is 4.26. The minimum atomic E-state index is 0.260. The number of hydrogen-bond donors (Lipinski definition) is 1. The fraction of sp³-hybridized carbons (Fsp3) is 0.579. The first-order chi connectivity index (χ1) is 9.91. The van der Waals surface area contributed by atoms with E-state index in [4.69, 9.17) is 0 Å². The van der Waals surface area contributed by atoms with Crippen LogP contribution in [0.15, 0.2) is 29.8 Å². The molecule has 1 aromatic rings. The molecule has 0 bridgehead atoms. The van der Waals surface area contributed by atoms with E-state index in [1.165, 1.54) is 29.5 Å². The van der Waals surface area contributed by atoms with E-state index in [0.717, 1.165) is 18.9 Å². The van der Waals surface area contributed by atoms with Crippen molar-refractivity contribution < 1.29 is 5.11 Å². The lowest BCUT2D eigenvalue weighted by Gasteiger charge is -2.57. The molecule has 0 amide bonds. The second-order valence-corrected chi connectivity index (χ2v) is 7.40. The molecule has 2 heteroatoms. The van der Waals surface area contributed by atoms with Gasteiger partial charge in [0.2, 0.25) is 0 Å². The number of rotatable bonds is 3. The van der Waals surface area contributed by atoms with Crippen molar-refractivity contribution in [2.45, 2.75) is 51.5 Å². The van der Waals surface area contributed by atoms with Crippen molar-refractivity contribution in [2.75, 3.05) is 13.6 Å². The molecule has 0 aromatic heterocycles. The Kier molecular flexibility index (Phi) is 3.61. The quantitative estimate of drug-likeness (QED) is 0.852. The summed E-state index contributed by atoms with van der Waals surface area (Å²) in [5.74, 6) is 1.14. The molecule has 114 valence electrons.